The Kier molecular flexibility index (Phi) is 7.49. The molecule has 0 bridgehead atoms. The number of benzene rings is 1. The van der Waals surface area contributed by atoms with Crippen molar-refractivity contribution < 1.29 is 38.5 Å². The van der Waals surface area contributed by atoms with E-state index < -0.39 is 14.0 Å². The second kappa shape index (κ2) is 7.75. The fourth-order valence-corrected chi connectivity index (χ4v) is 1.81. The molecule has 15 heavy (non-hydrogen) atoms. The van der Waals surface area contributed by atoms with Gasteiger partial charge in [0.2, 0.25) is 8.03 Å². The van der Waals surface area contributed by atoms with E-state index in [1.54, 1.807) is 24.3 Å². The van der Waals surface area contributed by atoms with Crippen LogP contribution in [0.4, 0.5) is 0 Å². The number of aliphatic carboxylic acids is 1. The molecule has 6 heteroatoms. The van der Waals surface area contributed by atoms with E-state index in [-0.39, 0.29) is 32.5 Å². The molecule has 1 aromatic carbocycles. The molecule has 1 unspecified atom stereocenters. The molecule has 0 spiro atoms. The Hall–Kier alpha value is -0.497. The average molecular weight is 280 g/mol. The van der Waals surface area contributed by atoms with Gasteiger partial charge in [-0.25, -0.2) is 0 Å². The molecule has 0 aliphatic rings. The Morgan fingerprint density at radius 2 is 1.93 bits per heavy atom. The number of hydrogen-bond donors (Lipinski definition) is 1. The minimum Gasteiger partial charge on any atom is -0.481 e. The Labute approximate surface area is 101 Å². The smallest absolute Gasteiger partial charge is 0.305 e. The van der Waals surface area contributed by atoms with Gasteiger partial charge < -0.3 is 9.63 Å². The number of carboxylic acids is 1. The van der Waals surface area contributed by atoms with Gasteiger partial charge in [0.15, 0.2) is 0 Å². The monoisotopic (exact) mass is 278 g/mol. The number of rotatable bonds is 5. The van der Waals surface area contributed by atoms with Crippen molar-refractivity contribution in [1.29, 1.82) is 0 Å². The summed E-state index contributed by atoms with van der Waals surface area (Å²) in [6.45, 7) is -0.0119. The molecule has 0 aromatic heterocycles. The van der Waals surface area contributed by atoms with Crippen LogP contribution in [0.25, 0.3) is 0 Å². The molecule has 1 N–H and O–H groups in total. The van der Waals surface area contributed by atoms with Crippen molar-refractivity contribution in [2.75, 3.05) is 6.61 Å². The molecular weight excluding hydrogens is 268 g/mol. The van der Waals surface area contributed by atoms with Crippen LogP contribution in [-0.4, -0.2) is 17.7 Å². The third kappa shape index (κ3) is 5.83. The molecule has 0 saturated heterocycles. The van der Waals surface area contributed by atoms with E-state index in [1.807, 2.05) is 6.07 Å². The Morgan fingerprint density at radius 3 is 2.47 bits per heavy atom. The van der Waals surface area contributed by atoms with Crippen LogP contribution in [0.3, 0.4) is 0 Å². The van der Waals surface area contributed by atoms with Crippen molar-refractivity contribution >= 4 is 19.3 Å². The quantitative estimate of drug-likeness (QED) is 0.651. The zero-order chi connectivity index (χ0) is 10.4. The summed E-state index contributed by atoms with van der Waals surface area (Å²) in [5, 5.41) is 8.94. The van der Waals surface area contributed by atoms with Gasteiger partial charge in [-0.1, -0.05) is 18.2 Å². The van der Waals surface area contributed by atoms with Crippen molar-refractivity contribution in [3.63, 3.8) is 0 Å². The largest absolute Gasteiger partial charge is 0.481 e. The first-order valence-electron chi connectivity index (χ1n) is 4.14. The van der Waals surface area contributed by atoms with E-state index >= 15 is 0 Å². The van der Waals surface area contributed by atoms with Crippen LogP contribution in [0, 0.1) is 0 Å². The van der Waals surface area contributed by atoms with E-state index in [0.29, 0.717) is 5.30 Å². The average Bonchev–Trinajstić information content (AvgIpc) is 2.18. The first-order chi connectivity index (χ1) is 6.70. The maximum atomic E-state index is 11.4. The Bertz CT molecular complexity index is 328. The van der Waals surface area contributed by atoms with Gasteiger partial charge in [-0.3, -0.25) is 9.36 Å². The van der Waals surface area contributed by atoms with Gasteiger partial charge in [0.05, 0.1) is 13.0 Å². The summed E-state index contributed by atoms with van der Waals surface area (Å²) in [5.41, 5.74) is 0. The molecule has 0 aliphatic carbocycles. The molecular formula is C9H11O4PZn. The normalized spacial score (nSPS) is 11.5. The molecule has 1 rings (SSSR count). The van der Waals surface area contributed by atoms with Gasteiger partial charge in [0.25, 0.3) is 0 Å². The third-order valence-electron chi connectivity index (χ3n) is 1.56. The van der Waals surface area contributed by atoms with Crippen molar-refractivity contribution in [3.8, 4) is 0 Å². The zero-order valence-corrected chi connectivity index (χ0v) is 12.1. The predicted molar refractivity (Wildman–Crippen MR) is 53.3 cm³/mol. The van der Waals surface area contributed by atoms with E-state index in [9.17, 15) is 9.36 Å². The number of hydrogen-bond acceptors (Lipinski definition) is 3. The van der Waals surface area contributed by atoms with E-state index in [2.05, 4.69) is 0 Å². The second-order valence-electron chi connectivity index (χ2n) is 2.65. The van der Waals surface area contributed by atoms with Crippen molar-refractivity contribution in [2.24, 2.45) is 0 Å². The maximum Gasteiger partial charge on any atom is 0.305 e. The van der Waals surface area contributed by atoms with Crippen molar-refractivity contribution in [3.05, 3.63) is 30.3 Å². The van der Waals surface area contributed by atoms with Gasteiger partial charge in [0.1, 0.15) is 0 Å². The van der Waals surface area contributed by atoms with Crippen LogP contribution in [0.1, 0.15) is 6.42 Å². The zero-order valence-electron chi connectivity index (χ0n) is 8.18. The standard InChI is InChI=1S/C9H11O4P.Zn/c10-9(11)6-7-13-14(12)8-4-2-1-3-5-8;/h1-5,14H,6-7H2,(H,10,11);. The predicted octanol–water partition coefficient (Wildman–Crippen LogP) is 1.28. The summed E-state index contributed by atoms with van der Waals surface area (Å²) in [6, 6.07) is 8.73. The summed E-state index contributed by atoms with van der Waals surface area (Å²) in [7, 11) is -2.28. The fraction of sp³-hybridized carbons (Fsp3) is 0.222. The molecule has 4 nitrogen and oxygen atoms in total. The van der Waals surface area contributed by atoms with Crippen LogP contribution in [0.2, 0.25) is 0 Å². The first-order valence-corrected chi connectivity index (χ1v) is 5.46. The van der Waals surface area contributed by atoms with Crippen LogP contribution < -0.4 is 5.30 Å². The SMILES string of the molecule is O=C(O)CCO[PH](=O)c1ccccc1.[Zn]. The first kappa shape index (κ1) is 14.5. The van der Waals surface area contributed by atoms with Gasteiger partial charge in [-0.05, 0) is 12.1 Å². The Balaban J connectivity index is 0.00000196. The molecule has 0 saturated carbocycles. The molecule has 1 atom stereocenters. The number of carbonyl (C=O) groups is 1. The van der Waals surface area contributed by atoms with E-state index in [4.69, 9.17) is 9.63 Å². The van der Waals surface area contributed by atoms with Crippen LogP contribution in [0.15, 0.2) is 30.3 Å². The topological polar surface area (TPSA) is 63.6 Å². The minimum atomic E-state index is -2.28. The molecule has 0 fully saturated rings. The van der Waals surface area contributed by atoms with E-state index in [1.165, 1.54) is 0 Å². The van der Waals surface area contributed by atoms with Crippen molar-refractivity contribution in [1.82, 2.24) is 0 Å². The van der Waals surface area contributed by atoms with E-state index in [0.717, 1.165) is 0 Å². The third-order valence-corrected chi connectivity index (χ3v) is 2.83. The molecule has 78 valence electrons. The van der Waals surface area contributed by atoms with Crippen molar-refractivity contribution in [2.45, 2.75) is 6.42 Å². The summed E-state index contributed by atoms with van der Waals surface area (Å²) >= 11 is 0. The molecule has 0 heterocycles. The van der Waals surface area contributed by atoms with Gasteiger partial charge in [-0.2, -0.15) is 0 Å². The molecule has 0 aliphatic heterocycles. The molecule has 0 amide bonds. The number of carboxylic acid groups (broad SMARTS) is 1. The van der Waals surface area contributed by atoms with Gasteiger partial charge in [0, 0.05) is 24.8 Å². The maximum absolute atomic E-state index is 11.4. The summed E-state index contributed by atoms with van der Waals surface area (Å²) < 4.78 is 16.3. The van der Waals surface area contributed by atoms with Crippen LogP contribution in [0.5, 0.6) is 0 Å². The van der Waals surface area contributed by atoms with Gasteiger partial charge >= 0.3 is 5.97 Å². The summed E-state index contributed by atoms with van der Waals surface area (Å²) in [5.74, 6) is -0.951. The van der Waals surface area contributed by atoms with Gasteiger partial charge in [-0.15, -0.1) is 0 Å². The minimum absolute atomic E-state index is 0. The van der Waals surface area contributed by atoms with Crippen LogP contribution >= 0.6 is 8.03 Å². The fourth-order valence-electron chi connectivity index (χ4n) is 0.889. The second-order valence-corrected chi connectivity index (χ2v) is 4.09. The molecule has 1 aromatic rings. The Morgan fingerprint density at radius 1 is 1.33 bits per heavy atom. The van der Waals surface area contributed by atoms with Crippen LogP contribution in [-0.2, 0) is 33.4 Å². The molecule has 0 radical (unpaired) electrons. The summed E-state index contributed by atoms with van der Waals surface area (Å²) in [6.07, 6.45) is -0.122. The summed E-state index contributed by atoms with van der Waals surface area (Å²) in [4.78, 5) is 10.1.